The lowest BCUT2D eigenvalue weighted by atomic mass is 9.71. The largest absolute Gasteiger partial charge is 0.429 e. The van der Waals surface area contributed by atoms with E-state index in [4.69, 9.17) is 14.2 Å². The third-order valence-corrected chi connectivity index (χ3v) is 5.00. The molecule has 31 heavy (non-hydrogen) atoms. The number of rotatable bonds is 7. The van der Waals surface area contributed by atoms with Crippen molar-refractivity contribution < 1.29 is 28.6 Å². The molecule has 158 valence electrons. The van der Waals surface area contributed by atoms with Crippen molar-refractivity contribution in [2.75, 3.05) is 0 Å². The van der Waals surface area contributed by atoms with Gasteiger partial charge in [-0.1, -0.05) is 36.4 Å². The van der Waals surface area contributed by atoms with Gasteiger partial charge in [0.2, 0.25) is 0 Å². The van der Waals surface area contributed by atoms with Crippen molar-refractivity contribution in [3.63, 3.8) is 0 Å². The lowest BCUT2D eigenvalue weighted by Gasteiger charge is -2.32. The van der Waals surface area contributed by atoms with Crippen molar-refractivity contribution in [1.29, 1.82) is 0 Å². The number of carbonyl (C=O) groups is 3. The van der Waals surface area contributed by atoms with Crippen LogP contribution in [0.15, 0.2) is 72.8 Å². The van der Waals surface area contributed by atoms with Gasteiger partial charge in [-0.3, -0.25) is 14.4 Å². The second kappa shape index (κ2) is 9.26. The fraction of sp³-hybridized carbons (Fsp3) is 0.160. The van der Waals surface area contributed by atoms with Crippen LogP contribution >= 0.6 is 0 Å². The Morgan fingerprint density at radius 2 is 0.968 bits per heavy atom. The summed E-state index contributed by atoms with van der Waals surface area (Å²) in [5, 5.41) is 0. The molecular formula is C25H22O6. The van der Waals surface area contributed by atoms with Crippen molar-refractivity contribution in [3.8, 4) is 17.2 Å². The van der Waals surface area contributed by atoms with Gasteiger partial charge in [-0.05, 0) is 60.0 Å². The van der Waals surface area contributed by atoms with E-state index >= 15 is 0 Å². The van der Waals surface area contributed by atoms with Crippen molar-refractivity contribution >= 4 is 18.4 Å². The summed E-state index contributed by atoms with van der Waals surface area (Å²) in [6.45, 7) is 5.15. The van der Waals surface area contributed by atoms with E-state index < -0.39 is 5.41 Å². The molecule has 0 aliphatic rings. The molecule has 0 fully saturated rings. The Balaban J connectivity index is 2.07. The maximum Gasteiger partial charge on any atom is 0.308 e. The third kappa shape index (κ3) is 4.98. The molecule has 0 spiro atoms. The first-order valence-electron chi connectivity index (χ1n) is 9.61. The Morgan fingerprint density at radius 1 is 0.645 bits per heavy atom. The van der Waals surface area contributed by atoms with Crippen LogP contribution in [0.4, 0.5) is 0 Å². The second-order valence-corrected chi connectivity index (χ2v) is 7.10. The molecule has 0 saturated heterocycles. The highest BCUT2D eigenvalue weighted by Gasteiger charge is 2.31. The maximum absolute atomic E-state index is 11.2. The molecule has 3 rings (SSSR count). The van der Waals surface area contributed by atoms with Gasteiger partial charge in [-0.25, -0.2) is 0 Å². The molecule has 0 amide bonds. The number of ether oxygens (including phenoxy) is 3. The van der Waals surface area contributed by atoms with Crippen LogP contribution < -0.4 is 14.2 Å². The molecule has 0 aliphatic carbocycles. The summed E-state index contributed by atoms with van der Waals surface area (Å²) in [5.74, 6) is 0.582. The summed E-state index contributed by atoms with van der Waals surface area (Å²) in [4.78, 5) is 33.1. The van der Waals surface area contributed by atoms with Gasteiger partial charge in [0, 0.05) is 19.3 Å². The second-order valence-electron chi connectivity index (χ2n) is 7.10. The predicted octanol–water partition coefficient (Wildman–Crippen LogP) is 4.43. The van der Waals surface area contributed by atoms with Crippen LogP contribution in [0.2, 0.25) is 0 Å². The number of hydrogen-bond acceptors (Lipinski definition) is 6. The van der Waals surface area contributed by atoms with E-state index in [0.29, 0.717) is 23.7 Å². The molecular weight excluding hydrogens is 396 g/mol. The first-order chi connectivity index (χ1) is 14.8. The van der Waals surface area contributed by atoms with Gasteiger partial charge in [0.15, 0.2) is 0 Å². The van der Waals surface area contributed by atoms with Crippen molar-refractivity contribution in [2.24, 2.45) is 0 Å². The van der Waals surface area contributed by atoms with E-state index in [-0.39, 0.29) is 11.9 Å². The minimum Gasteiger partial charge on any atom is -0.429 e. The first kappa shape index (κ1) is 21.8. The smallest absolute Gasteiger partial charge is 0.308 e. The Morgan fingerprint density at radius 3 is 1.26 bits per heavy atom. The molecule has 3 aromatic carbocycles. The minimum absolute atomic E-state index is 0.385. The summed E-state index contributed by atoms with van der Waals surface area (Å²) < 4.78 is 15.2. The SMILES string of the molecule is CC(=O)Oc1ccc(C(C)(c2ccc(OC=O)cc2)c2ccc(OC(C)=O)cc2)cc1. The topological polar surface area (TPSA) is 78.9 Å². The molecule has 3 aromatic rings. The molecule has 0 atom stereocenters. The van der Waals surface area contributed by atoms with Crippen molar-refractivity contribution in [3.05, 3.63) is 89.5 Å². The molecule has 0 bridgehead atoms. The number of esters is 2. The number of benzene rings is 3. The van der Waals surface area contributed by atoms with Crippen molar-refractivity contribution in [2.45, 2.75) is 26.2 Å². The average Bonchev–Trinajstić information content (AvgIpc) is 2.74. The summed E-state index contributed by atoms with van der Waals surface area (Å²) in [6.07, 6.45) is 0. The zero-order valence-corrected chi connectivity index (χ0v) is 17.5. The average molecular weight is 418 g/mol. The summed E-state index contributed by atoms with van der Waals surface area (Å²) in [6, 6.07) is 21.8. The Kier molecular flexibility index (Phi) is 6.50. The van der Waals surface area contributed by atoms with Crippen LogP contribution in [-0.4, -0.2) is 18.4 Å². The van der Waals surface area contributed by atoms with E-state index in [1.54, 1.807) is 36.4 Å². The molecule has 0 aliphatic heterocycles. The molecule has 0 heterocycles. The quantitative estimate of drug-likeness (QED) is 0.245. The monoisotopic (exact) mass is 418 g/mol. The van der Waals surface area contributed by atoms with E-state index in [9.17, 15) is 14.4 Å². The van der Waals surface area contributed by atoms with Gasteiger partial charge >= 0.3 is 11.9 Å². The molecule has 0 radical (unpaired) electrons. The van der Waals surface area contributed by atoms with E-state index in [1.165, 1.54) is 13.8 Å². The standard InChI is InChI=1S/C25H22O6/c1-17(27)30-23-12-6-20(7-13-23)25(3,19-4-10-22(11-5-19)29-16-26)21-8-14-24(15-9-21)31-18(2)28/h4-16H,1-3H3. The van der Waals surface area contributed by atoms with Gasteiger partial charge in [0.1, 0.15) is 17.2 Å². The molecule has 0 saturated carbocycles. The van der Waals surface area contributed by atoms with Gasteiger partial charge < -0.3 is 14.2 Å². The predicted molar refractivity (Wildman–Crippen MR) is 114 cm³/mol. The molecule has 6 nitrogen and oxygen atoms in total. The normalized spacial score (nSPS) is 10.8. The highest BCUT2D eigenvalue weighted by molar-refractivity contribution is 5.70. The summed E-state index contributed by atoms with van der Waals surface area (Å²) in [5.41, 5.74) is 2.26. The van der Waals surface area contributed by atoms with E-state index in [0.717, 1.165) is 16.7 Å². The van der Waals surface area contributed by atoms with Crippen LogP contribution in [-0.2, 0) is 19.8 Å². The molecule has 0 aromatic heterocycles. The zero-order valence-electron chi connectivity index (χ0n) is 17.5. The Labute approximate surface area is 180 Å². The van der Waals surface area contributed by atoms with E-state index in [2.05, 4.69) is 6.92 Å². The van der Waals surface area contributed by atoms with Gasteiger partial charge in [0.05, 0.1) is 0 Å². The minimum atomic E-state index is -0.594. The van der Waals surface area contributed by atoms with Gasteiger partial charge in [-0.2, -0.15) is 0 Å². The number of hydrogen-bond donors (Lipinski definition) is 0. The maximum atomic E-state index is 11.2. The zero-order chi connectivity index (χ0) is 22.4. The van der Waals surface area contributed by atoms with Gasteiger partial charge in [-0.15, -0.1) is 0 Å². The van der Waals surface area contributed by atoms with Crippen LogP contribution in [0.1, 0.15) is 37.5 Å². The van der Waals surface area contributed by atoms with Crippen LogP contribution in [0, 0.1) is 0 Å². The van der Waals surface area contributed by atoms with Crippen molar-refractivity contribution in [1.82, 2.24) is 0 Å². The number of carbonyl (C=O) groups excluding carboxylic acids is 3. The van der Waals surface area contributed by atoms with Crippen LogP contribution in [0.3, 0.4) is 0 Å². The first-order valence-corrected chi connectivity index (χ1v) is 9.61. The summed E-state index contributed by atoms with van der Waals surface area (Å²) in [7, 11) is 0. The fourth-order valence-electron chi connectivity index (χ4n) is 3.47. The Bertz CT molecular complexity index is 1010. The lowest BCUT2D eigenvalue weighted by molar-refractivity contribution is -0.132. The van der Waals surface area contributed by atoms with Crippen LogP contribution in [0.5, 0.6) is 17.2 Å². The third-order valence-electron chi connectivity index (χ3n) is 5.00. The van der Waals surface area contributed by atoms with E-state index in [1.807, 2.05) is 36.4 Å². The molecule has 0 unspecified atom stereocenters. The highest BCUT2D eigenvalue weighted by Crippen LogP contribution is 2.40. The van der Waals surface area contributed by atoms with Crippen LogP contribution in [0.25, 0.3) is 0 Å². The lowest BCUT2D eigenvalue weighted by Crippen LogP contribution is -2.25. The molecule has 6 heteroatoms. The molecule has 0 N–H and O–H groups in total. The Hall–Kier alpha value is -3.93. The van der Waals surface area contributed by atoms with Gasteiger partial charge in [0.25, 0.3) is 6.47 Å². The fourth-order valence-corrected chi connectivity index (χ4v) is 3.47. The highest BCUT2D eigenvalue weighted by atomic mass is 16.5. The summed E-state index contributed by atoms with van der Waals surface area (Å²) >= 11 is 0.